The van der Waals surface area contributed by atoms with Crippen LogP contribution in [0.25, 0.3) is 0 Å². The van der Waals surface area contributed by atoms with Gasteiger partial charge < -0.3 is 21.5 Å². The van der Waals surface area contributed by atoms with Crippen LogP contribution in [0.4, 0.5) is 0 Å². The van der Waals surface area contributed by atoms with Gasteiger partial charge in [0.1, 0.15) is 12.1 Å². The standard InChI is InChI=1S/C14H23N3O2/c1-2-6-11(7-8-15)13(18)12(16)14(19)17-9-4-3-5-10-17/h2,6-8,12-13,18H,1,3-5,9-10,15-16H2/b8-7-,11-6+. The Balaban J connectivity index is 2.73. The second-order valence-electron chi connectivity index (χ2n) is 4.62. The Morgan fingerprint density at radius 1 is 1.32 bits per heavy atom. The van der Waals surface area contributed by atoms with Gasteiger partial charge in [0.15, 0.2) is 0 Å². The third-order valence-electron chi connectivity index (χ3n) is 3.23. The molecule has 0 bridgehead atoms. The first-order valence-electron chi connectivity index (χ1n) is 6.55. The Hall–Kier alpha value is -1.59. The first-order valence-corrected chi connectivity index (χ1v) is 6.55. The Bertz CT molecular complexity index is 371. The van der Waals surface area contributed by atoms with E-state index in [0.29, 0.717) is 18.7 Å². The average molecular weight is 265 g/mol. The van der Waals surface area contributed by atoms with E-state index in [0.717, 1.165) is 19.3 Å². The third kappa shape index (κ3) is 4.22. The van der Waals surface area contributed by atoms with E-state index >= 15 is 0 Å². The Morgan fingerprint density at radius 2 is 1.95 bits per heavy atom. The first kappa shape index (κ1) is 15.5. The summed E-state index contributed by atoms with van der Waals surface area (Å²) in [4.78, 5) is 13.9. The predicted octanol–water partition coefficient (Wildman–Crippen LogP) is 0.272. The van der Waals surface area contributed by atoms with Crippen LogP contribution < -0.4 is 11.5 Å². The van der Waals surface area contributed by atoms with E-state index in [-0.39, 0.29) is 5.91 Å². The smallest absolute Gasteiger partial charge is 0.242 e. The van der Waals surface area contributed by atoms with Gasteiger partial charge in [0.05, 0.1) is 0 Å². The molecule has 1 aliphatic heterocycles. The largest absolute Gasteiger partial charge is 0.405 e. The highest BCUT2D eigenvalue weighted by Gasteiger charge is 2.29. The fourth-order valence-electron chi connectivity index (χ4n) is 2.17. The molecule has 1 amide bonds. The van der Waals surface area contributed by atoms with Crippen molar-refractivity contribution in [2.45, 2.75) is 31.4 Å². The van der Waals surface area contributed by atoms with Gasteiger partial charge in [-0.05, 0) is 37.1 Å². The second-order valence-corrected chi connectivity index (χ2v) is 4.62. The van der Waals surface area contributed by atoms with E-state index in [1.807, 2.05) is 0 Å². The van der Waals surface area contributed by atoms with Gasteiger partial charge in [-0.2, -0.15) is 0 Å². The summed E-state index contributed by atoms with van der Waals surface area (Å²) in [6.07, 6.45) is 7.99. The summed E-state index contributed by atoms with van der Waals surface area (Å²) in [6, 6.07) is -0.972. The number of hydrogen-bond donors (Lipinski definition) is 3. The molecule has 5 nitrogen and oxygen atoms in total. The van der Waals surface area contributed by atoms with Crippen molar-refractivity contribution in [3.63, 3.8) is 0 Å². The molecule has 0 aromatic heterocycles. The topological polar surface area (TPSA) is 92.6 Å². The molecule has 0 aliphatic carbocycles. The van der Waals surface area contributed by atoms with Gasteiger partial charge in [-0.3, -0.25) is 4.79 Å². The fraction of sp³-hybridized carbons (Fsp3) is 0.500. The molecule has 0 spiro atoms. The molecular weight excluding hydrogens is 242 g/mol. The lowest BCUT2D eigenvalue weighted by Crippen LogP contribution is -2.51. The molecule has 1 fully saturated rings. The van der Waals surface area contributed by atoms with Crippen LogP contribution in [0.2, 0.25) is 0 Å². The van der Waals surface area contributed by atoms with E-state index in [9.17, 15) is 9.90 Å². The fourth-order valence-corrected chi connectivity index (χ4v) is 2.17. The van der Waals surface area contributed by atoms with Crippen LogP contribution in [0, 0.1) is 0 Å². The van der Waals surface area contributed by atoms with Gasteiger partial charge in [-0.15, -0.1) is 0 Å². The molecule has 2 atom stereocenters. The summed E-state index contributed by atoms with van der Waals surface area (Å²) in [5.74, 6) is -0.215. The summed E-state index contributed by atoms with van der Waals surface area (Å²) in [5.41, 5.74) is 11.7. The predicted molar refractivity (Wildman–Crippen MR) is 76.0 cm³/mol. The van der Waals surface area contributed by atoms with Gasteiger partial charge >= 0.3 is 0 Å². The molecule has 1 heterocycles. The van der Waals surface area contributed by atoms with Crippen molar-refractivity contribution in [2.24, 2.45) is 11.5 Å². The molecule has 0 aromatic carbocycles. The Labute approximate surface area is 114 Å². The maximum absolute atomic E-state index is 12.2. The number of aliphatic hydroxyl groups is 1. The van der Waals surface area contributed by atoms with Crippen molar-refractivity contribution in [3.05, 3.63) is 36.6 Å². The number of likely N-dealkylation sites (tertiary alicyclic amines) is 1. The number of nitrogens with zero attached hydrogens (tertiary/aromatic N) is 1. The lowest BCUT2D eigenvalue weighted by Gasteiger charge is -2.30. The molecule has 5 N–H and O–H groups in total. The maximum Gasteiger partial charge on any atom is 0.242 e. The average Bonchev–Trinajstić information content (AvgIpc) is 2.45. The van der Waals surface area contributed by atoms with Crippen molar-refractivity contribution in [1.82, 2.24) is 4.90 Å². The highest BCUT2D eigenvalue weighted by molar-refractivity contribution is 5.83. The highest BCUT2D eigenvalue weighted by atomic mass is 16.3. The van der Waals surface area contributed by atoms with Crippen molar-refractivity contribution in [3.8, 4) is 0 Å². The lowest BCUT2D eigenvalue weighted by molar-refractivity contribution is -0.135. The molecule has 1 rings (SSSR count). The second kappa shape index (κ2) is 7.76. The summed E-state index contributed by atoms with van der Waals surface area (Å²) in [7, 11) is 0. The number of carbonyl (C=O) groups excluding carboxylic acids is 1. The van der Waals surface area contributed by atoms with Crippen LogP contribution in [-0.4, -0.2) is 41.1 Å². The van der Waals surface area contributed by atoms with E-state index < -0.39 is 12.1 Å². The number of hydrogen-bond acceptors (Lipinski definition) is 4. The molecule has 1 saturated heterocycles. The minimum atomic E-state index is -1.08. The van der Waals surface area contributed by atoms with Crippen LogP contribution in [0.1, 0.15) is 19.3 Å². The Morgan fingerprint density at radius 3 is 2.47 bits per heavy atom. The zero-order valence-electron chi connectivity index (χ0n) is 11.2. The number of allylic oxidation sites excluding steroid dienone is 2. The number of carbonyl (C=O) groups is 1. The molecule has 0 aromatic rings. The zero-order chi connectivity index (χ0) is 14.3. The van der Waals surface area contributed by atoms with Gasteiger partial charge in [-0.1, -0.05) is 18.7 Å². The van der Waals surface area contributed by atoms with E-state index in [1.165, 1.54) is 18.4 Å². The summed E-state index contributed by atoms with van der Waals surface area (Å²) < 4.78 is 0. The zero-order valence-corrected chi connectivity index (χ0v) is 11.2. The SMILES string of the molecule is C=C/C=C(\C=C/N)C(O)C(N)C(=O)N1CCCCC1. The monoisotopic (exact) mass is 265 g/mol. The number of amides is 1. The molecule has 0 saturated carbocycles. The molecular formula is C14H23N3O2. The van der Waals surface area contributed by atoms with Gasteiger partial charge in [0.25, 0.3) is 0 Å². The molecule has 2 unspecified atom stereocenters. The third-order valence-corrected chi connectivity index (χ3v) is 3.23. The van der Waals surface area contributed by atoms with Gasteiger partial charge in [-0.25, -0.2) is 0 Å². The lowest BCUT2D eigenvalue weighted by atomic mass is 10.00. The van der Waals surface area contributed by atoms with Gasteiger partial charge in [0, 0.05) is 13.1 Å². The van der Waals surface area contributed by atoms with Crippen molar-refractivity contribution >= 4 is 5.91 Å². The molecule has 0 radical (unpaired) electrons. The highest BCUT2D eigenvalue weighted by Crippen LogP contribution is 2.14. The van der Waals surface area contributed by atoms with E-state index in [2.05, 4.69) is 6.58 Å². The van der Waals surface area contributed by atoms with Crippen LogP contribution in [0.3, 0.4) is 0 Å². The van der Waals surface area contributed by atoms with Crippen LogP contribution >= 0.6 is 0 Å². The molecule has 19 heavy (non-hydrogen) atoms. The maximum atomic E-state index is 12.2. The van der Waals surface area contributed by atoms with Crippen LogP contribution in [0.15, 0.2) is 36.6 Å². The number of piperidine rings is 1. The normalized spacial score (nSPS) is 20.3. The first-order chi connectivity index (χ1) is 9.11. The van der Waals surface area contributed by atoms with E-state index in [4.69, 9.17) is 11.5 Å². The summed E-state index contributed by atoms with van der Waals surface area (Å²) in [6.45, 7) is 4.99. The number of nitrogens with two attached hydrogens (primary N) is 2. The molecule has 1 aliphatic rings. The van der Waals surface area contributed by atoms with Crippen molar-refractivity contribution < 1.29 is 9.90 Å². The summed E-state index contributed by atoms with van der Waals surface area (Å²) in [5, 5.41) is 10.1. The quantitative estimate of drug-likeness (QED) is 0.622. The van der Waals surface area contributed by atoms with Crippen molar-refractivity contribution in [2.75, 3.05) is 13.1 Å². The van der Waals surface area contributed by atoms with E-state index in [1.54, 1.807) is 11.0 Å². The minimum Gasteiger partial charge on any atom is -0.405 e. The number of aliphatic hydroxyl groups excluding tert-OH is 1. The molecule has 5 heteroatoms. The minimum absolute atomic E-state index is 0.215. The summed E-state index contributed by atoms with van der Waals surface area (Å²) >= 11 is 0. The van der Waals surface area contributed by atoms with Crippen LogP contribution in [0.5, 0.6) is 0 Å². The Kier molecular flexibility index (Phi) is 6.32. The molecule has 106 valence electrons. The van der Waals surface area contributed by atoms with Gasteiger partial charge in [0.2, 0.25) is 5.91 Å². The van der Waals surface area contributed by atoms with Crippen molar-refractivity contribution in [1.29, 1.82) is 0 Å². The number of rotatable bonds is 5. The van der Waals surface area contributed by atoms with Crippen LogP contribution in [-0.2, 0) is 4.79 Å².